The SMILES string of the molecule is O=C1N/C(=N\N=C\c2cccc([N+](=O)[O-])c2)S/C1=C\c1ccc2c(c1)OCO2. The number of non-ortho nitro benzene ring substituents is 1. The van der Waals surface area contributed by atoms with Crippen LogP contribution < -0.4 is 14.8 Å². The molecule has 2 aliphatic heterocycles. The second-order valence-corrected chi connectivity index (χ2v) is 6.71. The van der Waals surface area contributed by atoms with E-state index in [0.717, 1.165) is 17.3 Å². The summed E-state index contributed by atoms with van der Waals surface area (Å²) in [5.74, 6) is 1.02. The van der Waals surface area contributed by atoms with E-state index in [1.807, 2.05) is 6.07 Å². The molecule has 0 bridgehead atoms. The number of nitrogens with one attached hydrogen (secondary N) is 1. The number of ether oxygens (including phenoxy) is 2. The second-order valence-electron chi connectivity index (χ2n) is 5.68. The molecule has 1 fully saturated rings. The second kappa shape index (κ2) is 7.53. The first-order valence-electron chi connectivity index (χ1n) is 8.04. The Bertz CT molecular complexity index is 1060. The minimum atomic E-state index is -0.483. The molecule has 0 aliphatic carbocycles. The highest BCUT2D eigenvalue weighted by molar-refractivity contribution is 8.18. The maximum atomic E-state index is 12.1. The predicted octanol–water partition coefficient (Wildman–Crippen LogP) is 2.92. The van der Waals surface area contributed by atoms with Crippen LogP contribution in [0.1, 0.15) is 11.1 Å². The topological polar surface area (TPSA) is 115 Å². The average molecular weight is 396 g/mol. The highest BCUT2D eigenvalue weighted by Gasteiger charge is 2.24. The fourth-order valence-electron chi connectivity index (χ4n) is 2.50. The summed E-state index contributed by atoms with van der Waals surface area (Å²) in [7, 11) is 0. The van der Waals surface area contributed by atoms with Gasteiger partial charge in [0.05, 0.1) is 16.0 Å². The molecular formula is C18H12N4O5S. The van der Waals surface area contributed by atoms with E-state index >= 15 is 0 Å². The number of carbonyl (C=O) groups is 1. The van der Waals surface area contributed by atoms with Gasteiger partial charge < -0.3 is 9.47 Å². The Labute approximate surface area is 162 Å². The fraction of sp³-hybridized carbons (Fsp3) is 0.0556. The van der Waals surface area contributed by atoms with Crippen LogP contribution in [-0.2, 0) is 4.79 Å². The van der Waals surface area contributed by atoms with Crippen molar-refractivity contribution < 1.29 is 19.2 Å². The Morgan fingerprint density at radius 2 is 2.00 bits per heavy atom. The number of thioether (sulfide) groups is 1. The number of nitro benzene ring substituents is 1. The van der Waals surface area contributed by atoms with Crippen LogP contribution in [0.5, 0.6) is 11.5 Å². The minimum absolute atomic E-state index is 0.0332. The standard InChI is InChI=1S/C18H12N4O5S/c23-17-16(8-11-4-5-14-15(7-11)27-10-26-14)28-18(20-17)21-19-9-12-2-1-3-13(6-12)22(24)25/h1-9H,10H2,(H,20,21,23)/b16-8-,19-9+. The smallest absolute Gasteiger partial charge is 0.270 e. The first-order valence-corrected chi connectivity index (χ1v) is 8.86. The fourth-order valence-corrected chi connectivity index (χ4v) is 3.27. The molecule has 0 radical (unpaired) electrons. The van der Waals surface area contributed by atoms with Crippen LogP contribution in [0.4, 0.5) is 5.69 Å². The lowest BCUT2D eigenvalue weighted by Gasteiger charge is -1.98. The summed E-state index contributed by atoms with van der Waals surface area (Å²) in [6, 6.07) is 11.4. The third-order valence-corrected chi connectivity index (χ3v) is 4.68. The number of benzene rings is 2. The molecule has 0 saturated carbocycles. The Kier molecular flexibility index (Phi) is 4.77. The number of amidine groups is 1. The Balaban J connectivity index is 1.47. The Hall–Kier alpha value is -3.66. The van der Waals surface area contributed by atoms with Gasteiger partial charge in [-0.3, -0.25) is 20.2 Å². The van der Waals surface area contributed by atoms with Crippen LogP contribution in [-0.4, -0.2) is 29.0 Å². The molecule has 2 heterocycles. The van der Waals surface area contributed by atoms with Crippen LogP contribution in [0.2, 0.25) is 0 Å². The van der Waals surface area contributed by atoms with Crippen molar-refractivity contribution in [3.05, 3.63) is 68.6 Å². The zero-order valence-corrected chi connectivity index (χ0v) is 15.0. The number of nitrogens with zero attached hydrogens (tertiary/aromatic N) is 3. The third-order valence-electron chi connectivity index (χ3n) is 3.78. The van der Waals surface area contributed by atoms with Gasteiger partial charge in [0.2, 0.25) is 6.79 Å². The van der Waals surface area contributed by atoms with Gasteiger partial charge in [0.25, 0.3) is 11.6 Å². The molecule has 0 unspecified atom stereocenters. The van der Waals surface area contributed by atoms with Gasteiger partial charge in [0.1, 0.15) is 0 Å². The molecule has 10 heteroatoms. The third kappa shape index (κ3) is 3.86. The number of hydrogen-bond acceptors (Lipinski definition) is 8. The zero-order valence-electron chi connectivity index (χ0n) is 14.2. The van der Waals surface area contributed by atoms with Gasteiger partial charge in [0, 0.05) is 17.7 Å². The summed E-state index contributed by atoms with van der Waals surface area (Å²) in [5, 5.41) is 21.6. The van der Waals surface area contributed by atoms with Crippen LogP contribution in [0.15, 0.2) is 57.6 Å². The Morgan fingerprint density at radius 3 is 2.86 bits per heavy atom. The number of nitro groups is 1. The summed E-state index contributed by atoms with van der Waals surface area (Å²) in [6.45, 7) is 0.185. The number of hydrogen-bond donors (Lipinski definition) is 1. The van der Waals surface area contributed by atoms with Crippen LogP contribution in [0, 0.1) is 10.1 Å². The number of amides is 1. The highest BCUT2D eigenvalue weighted by atomic mass is 32.2. The van der Waals surface area contributed by atoms with Gasteiger partial charge in [-0.05, 0) is 35.5 Å². The van der Waals surface area contributed by atoms with Gasteiger partial charge in [-0.15, -0.1) is 5.10 Å². The van der Waals surface area contributed by atoms with Crippen molar-refractivity contribution in [2.75, 3.05) is 6.79 Å². The summed E-state index contributed by atoms with van der Waals surface area (Å²) >= 11 is 1.15. The number of fused-ring (bicyclic) bond motifs is 1. The summed E-state index contributed by atoms with van der Waals surface area (Å²) in [6.07, 6.45) is 3.10. The quantitative estimate of drug-likeness (QED) is 0.368. The van der Waals surface area contributed by atoms with Crippen molar-refractivity contribution in [3.63, 3.8) is 0 Å². The molecule has 0 atom stereocenters. The monoisotopic (exact) mass is 396 g/mol. The van der Waals surface area contributed by atoms with Crippen LogP contribution in [0.25, 0.3) is 6.08 Å². The maximum absolute atomic E-state index is 12.1. The molecule has 28 heavy (non-hydrogen) atoms. The van der Waals surface area contributed by atoms with E-state index in [2.05, 4.69) is 15.5 Å². The molecule has 2 aromatic carbocycles. The number of carbonyl (C=O) groups excluding carboxylic acids is 1. The Morgan fingerprint density at radius 1 is 1.14 bits per heavy atom. The minimum Gasteiger partial charge on any atom is -0.454 e. The molecule has 9 nitrogen and oxygen atoms in total. The van der Waals surface area contributed by atoms with Gasteiger partial charge in [-0.1, -0.05) is 18.2 Å². The van der Waals surface area contributed by atoms with Gasteiger partial charge in [-0.25, -0.2) is 0 Å². The first-order chi connectivity index (χ1) is 13.6. The largest absolute Gasteiger partial charge is 0.454 e. The van der Waals surface area contributed by atoms with Crippen molar-refractivity contribution in [2.24, 2.45) is 10.2 Å². The van der Waals surface area contributed by atoms with Crippen molar-refractivity contribution in [3.8, 4) is 11.5 Å². The van der Waals surface area contributed by atoms with E-state index in [4.69, 9.17) is 9.47 Å². The van der Waals surface area contributed by atoms with Crippen LogP contribution in [0.3, 0.4) is 0 Å². The molecule has 0 spiro atoms. The molecular weight excluding hydrogens is 384 g/mol. The lowest BCUT2D eigenvalue weighted by Crippen LogP contribution is -2.19. The normalized spacial score (nSPS) is 18.2. The van der Waals surface area contributed by atoms with Crippen molar-refractivity contribution in [1.82, 2.24) is 5.32 Å². The summed E-state index contributed by atoms with van der Waals surface area (Å²) < 4.78 is 10.6. The molecule has 4 rings (SSSR count). The molecule has 2 aliphatic rings. The lowest BCUT2D eigenvalue weighted by molar-refractivity contribution is -0.384. The van der Waals surface area contributed by atoms with E-state index in [-0.39, 0.29) is 18.4 Å². The van der Waals surface area contributed by atoms with Gasteiger partial charge in [0.15, 0.2) is 16.7 Å². The highest BCUT2D eigenvalue weighted by Crippen LogP contribution is 2.34. The molecule has 1 saturated heterocycles. The maximum Gasteiger partial charge on any atom is 0.270 e. The van der Waals surface area contributed by atoms with E-state index in [9.17, 15) is 14.9 Å². The van der Waals surface area contributed by atoms with Crippen molar-refractivity contribution >= 4 is 40.8 Å². The predicted molar refractivity (Wildman–Crippen MR) is 104 cm³/mol. The first kappa shape index (κ1) is 17.7. The average Bonchev–Trinajstić information content (AvgIpc) is 3.28. The van der Waals surface area contributed by atoms with E-state index in [1.165, 1.54) is 18.3 Å². The summed E-state index contributed by atoms with van der Waals surface area (Å²) in [5.41, 5.74) is 1.29. The molecule has 1 N–H and O–H groups in total. The van der Waals surface area contributed by atoms with Crippen molar-refractivity contribution in [1.29, 1.82) is 0 Å². The summed E-state index contributed by atoms with van der Waals surface area (Å²) in [4.78, 5) is 22.9. The van der Waals surface area contributed by atoms with E-state index in [0.29, 0.717) is 27.1 Å². The zero-order chi connectivity index (χ0) is 19.5. The number of rotatable bonds is 4. The molecule has 2 aromatic rings. The van der Waals surface area contributed by atoms with E-state index < -0.39 is 4.92 Å². The molecule has 1 amide bonds. The van der Waals surface area contributed by atoms with Crippen LogP contribution >= 0.6 is 11.8 Å². The molecule has 0 aromatic heterocycles. The van der Waals surface area contributed by atoms with E-state index in [1.54, 1.807) is 30.3 Å². The van der Waals surface area contributed by atoms with Gasteiger partial charge in [-0.2, -0.15) is 5.10 Å². The lowest BCUT2D eigenvalue weighted by atomic mass is 10.2. The van der Waals surface area contributed by atoms with Gasteiger partial charge >= 0.3 is 0 Å². The van der Waals surface area contributed by atoms with Crippen molar-refractivity contribution in [2.45, 2.75) is 0 Å². The molecule has 140 valence electrons.